The van der Waals surface area contributed by atoms with Gasteiger partial charge in [-0.2, -0.15) is 0 Å². The van der Waals surface area contributed by atoms with Crippen molar-refractivity contribution in [2.24, 2.45) is 0 Å². The standard InChI is InChI=1S/C18H19FN4O/c1-11-20-15-10-14(12-5-6-16(24)13(19)9-12)22-17(15)18(21-11)23-7-3-2-4-8-23/h5-6,9-10,22,24H,2-4,7-8H2,1H3. The number of H-pyrrole nitrogens is 1. The van der Waals surface area contributed by atoms with E-state index in [2.05, 4.69) is 19.9 Å². The van der Waals surface area contributed by atoms with Gasteiger partial charge in [0.2, 0.25) is 0 Å². The minimum Gasteiger partial charge on any atom is -0.505 e. The Morgan fingerprint density at radius 3 is 2.67 bits per heavy atom. The molecule has 0 saturated carbocycles. The average Bonchev–Trinajstić information content (AvgIpc) is 3.01. The van der Waals surface area contributed by atoms with E-state index in [1.165, 1.54) is 31.4 Å². The molecule has 0 unspecified atom stereocenters. The van der Waals surface area contributed by atoms with Crippen molar-refractivity contribution in [3.05, 3.63) is 35.9 Å². The summed E-state index contributed by atoms with van der Waals surface area (Å²) in [5.74, 6) is 0.664. The summed E-state index contributed by atoms with van der Waals surface area (Å²) in [5.41, 5.74) is 3.14. The van der Waals surface area contributed by atoms with Crippen LogP contribution in [0.5, 0.6) is 5.75 Å². The van der Waals surface area contributed by atoms with Crippen LogP contribution in [0.15, 0.2) is 24.3 Å². The number of aromatic nitrogens is 3. The van der Waals surface area contributed by atoms with Crippen molar-refractivity contribution in [2.45, 2.75) is 26.2 Å². The second-order valence-electron chi connectivity index (χ2n) is 6.25. The smallest absolute Gasteiger partial charge is 0.165 e. The molecule has 3 aromatic rings. The van der Waals surface area contributed by atoms with E-state index in [9.17, 15) is 9.50 Å². The predicted molar refractivity (Wildman–Crippen MR) is 91.7 cm³/mol. The summed E-state index contributed by atoms with van der Waals surface area (Å²) in [7, 11) is 0. The van der Waals surface area contributed by atoms with Gasteiger partial charge < -0.3 is 15.0 Å². The number of nitrogens with one attached hydrogen (secondary N) is 1. The molecule has 2 aromatic heterocycles. The number of nitrogens with zero attached hydrogens (tertiary/aromatic N) is 3. The normalized spacial score (nSPS) is 15.2. The first-order valence-electron chi connectivity index (χ1n) is 8.23. The molecule has 4 rings (SSSR count). The maximum Gasteiger partial charge on any atom is 0.165 e. The number of anilines is 1. The minimum absolute atomic E-state index is 0.348. The lowest BCUT2D eigenvalue weighted by Gasteiger charge is -2.28. The number of piperidine rings is 1. The molecule has 1 aliphatic rings. The number of aryl methyl sites for hydroxylation is 1. The Morgan fingerprint density at radius 2 is 1.92 bits per heavy atom. The van der Waals surface area contributed by atoms with E-state index in [0.29, 0.717) is 5.56 Å². The first-order chi connectivity index (χ1) is 11.6. The third-order valence-electron chi connectivity index (χ3n) is 4.48. The molecule has 5 nitrogen and oxygen atoms in total. The van der Waals surface area contributed by atoms with Crippen LogP contribution in [-0.2, 0) is 0 Å². The number of hydrogen-bond acceptors (Lipinski definition) is 4. The number of phenolic OH excluding ortho intramolecular Hbond substituents is 1. The van der Waals surface area contributed by atoms with Gasteiger partial charge in [-0.3, -0.25) is 0 Å². The van der Waals surface area contributed by atoms with Crippen molar-refractivity contribution < 1.29 is 9.50 Å². The molecule has 0 radical (unpaired) electrons. The van der Waals surface area contributed by atoms with Gasteiger partial charge in [0, 0.05) is 24.3 Å². The molecule has 124 valence electrons. The Morgan fingerprint density at radius 1 is 1.12 bits per heavy atom. The summed E-state index contributed by atoms with van der Waals surface area (Å²) < 4.78 is 13.7. The molecule has 0 amide bonds. The van der Waals surface area contributed by atoms with E-state index >= 15 is 0 Å². The fourth-order valence-electron chi connectivity index (χ4n) is 3.28. The van der Waals surface area contributed by atoms with E-state index in [1.807, 2.05) is 13.0 Å². The maximum atomic E-state index is 13.7. The molecular weight excluding hydrogens is 307 g/mol. The van der Waals surface area contributed by atoms with Gasteiger partial charge in [0.1, 0.15) is 11.3 Å². The summed E-state index contributed by atoms with van der Waals surface area (Å²) in [5, 5.41) is 9.37. The summed E-state index contributed by atoms with van der Waals surface area (Å²) in [6.07, 6.45) is 3.59. The number of rotatable bonds is 2. The van der Waals surface area contributed by atoms with Gasteiger partial charge in [-0.1, -0.05) is 0 Å². The van der Waals surface area contributed by atoms with Crippen molar-refractivity contribution in [1.29, 1.82) is 0 Å². The Hall–Kier alpha value is -2.63. The lowest BCUT2D eigenvalue weighted by atomic mass is 10.1. The first kappa shape index (κ1) is 14.9. The van der Waals surface area contributed by atoms with Crippen molar-refractivity contribution in [3.8, 4) is 17.0 Å². The Kier molecular flexibility index (Phi) is 3.59. The van der Waals surface area contributed by atoms with Gasteiger partial charge in [0.05, 0.1) is 5.52 Å². The van der Waals surface area contributed by atoms with E-state index in [4.69, 9.17) is 0 Å². The van der Waals surface area contributed by atoms with Gasteiger partial charge >= 0.3 is 0 Å². The van der Waals surface area contributed by atoms with Crippen LogP contribution >= 0.6 is 0 Å². The molecule has 24 heavy (non-hydrogen) atoms. The third kappa shape index (κ3) is 2.58. The first-order valence-corrected chi connectivity index (χ1v) is 8.23. The molecule has 0 bridgehead atoms. The van der Waals surface area contributed by atoms with Crippen LogP contribution in [0.1, 0.15) is 25.1 Å². The zero-order chi connectivity index (χ0) is 16.7. The van der Waals surface area contributed by atoms with Gasteiger partial charge in [0.15, 0.2) is 17.4 Å². The summed E-state index contributed by atoms with van der Waals surface area (Å²) >= 11 is 0. The average molecular weight is 326 g/mol. The lowest BCUT2D eigenvalue weighted by molar-refractivity contribution is 0.432. The van der Waals surface area contributed by atoms with Crippen molar-refractivity contribution >= 4 is 16.9 Å². The maximum absolute atomic E-state index is 13.7. The van der Waals surface area contributed by atoms with Crippen molar-refractivity contribution in [1.82, 2.24) is 15.0 Å². The van der Waals surface area contributed by atoms with Crippen LogP contribution in [0, 0.1) is 12.7 Å². The lowest BCUT2D eigenvalue weighted by Crippen LogP contribution is -2.30. The zero-order valence-corrected chi connectivity index (χ0v) is 13.5. The summed E-state index contributed by atoms with van der Waals surface area (Å²) in [6.45, 7) is 3.88. The number of phenols is 1. The highest BCUT2D eigenvalue weighted by Crippen LogP contribution is 2.31. The summed E-state index contributed by atoms with van der Waals surface area (Å²) in [4.78, 5) is 14.8. The molecule has 1 fully saturated rings. The van der Waals surface area contributed by atoms with Crippen LogP contribution in [-0.4, -0.2) is 33.1 Å². The third-order valence-corrected chi connectivity index (χ3v) is 4.48. The Labute approximate surface area is 139 Å². The predicted octanol–water partition coefficient (Wildman–Crippen LogP) is 3.77. The monoisotopic (exact) mass is 326 g/mol. The summed E-state index contributed by atoms with van der Waals surface area (Å²) in [6, 6.07) is 6.27. The number of halogens is 1. The fraction of sp³-hybridized carbons (Fsp3) is 0.333. The number of aromatic hydroxyl groups is 1. The Bertz CT molecular complexity index is 899. The zero-order valence-electron chi connectivity index (χ0n) is 13.5. The Balaban J connectivity index is 1.83. The second kappa shape index (κ2) is 5.78. The molecular formula is C18H19FN4O. The molecule has 1 aromatic carbocycles. The van der Waals surface area contributed by atoms with E-state index in [1.54, 1.807) is 6.07 Å². The molecule has 0 spiro atoms. The molecule has 0 aliphatic carbocycles. The van der Waals surface area contributed by atoms with E-state index in [-0.39, 0.29) is 5.75 Å². The van der Waals surface area contributed by atoms with Gasteiger partial charge in [-0.15, -0.1) is 0 Å². The molecule has 3 heterocycles. The second-order valence-corrected chi connectivity index (χ2v) is 6.25. The van der Waals surface area contributed by atoms with E-state index < -0.39 is 5.82 Å². The van der Waals surface area contributed by atoms with Crippen LogP contribution in [0.25, 0.3) is 22.3 Å². The topological polar surface area (TPSA) is 65.0 Å². The van der Waals surface area contributed by atoms with Crippen LogP contribution in [0.3, 0.4) is 0 Å². The molecule has 0 atom stereocenters. The SMILES string of the molecule is Cc1nc(N2CCCCC2)c2[nH]c(-c3ccc(O)c(F)c3)cc2n1. The number of aromatic amines is 1. The van der Waals surface area contributed by atoms with Crippen molar-refractivity contribution in [2.75, 3.05) is 18.0 Å². The highest BCUT2D eigenvalue weighted by atomic mass is 19.1. The number of hydrogen-bond donors (Lipinski definition) is 2. The van der Waals surface area contributed by atoms with Gasteiger partial charge in [0.25, 0.3) is 0 Å². The quantitative estimate of drug-likeness (QED) is 0.752. The number of fused-ring (bicyclic) bond motifs is 1. The van der Waals surface area contributed by atoms with E-state index in [0.717, 1.165) is 41.5 Å². The highest BCUT2D eigenvalue weighted by Gasteiger charge is 2.18. The van der Waals surface area contributed by atoms with Gasteiger partial charge in [-0.25, -0.2) is 14.4 Å². The molecule has 1 aliphatic heterocycles. The van der Waals surface area contributed by atoms with Crippen LogP contribution in [0.4, 0.5) is 10.2 Å². The molecule has 6 heteroatoms. The minimum atomic E-state index is -0.635. The largest absolute Gasteiger partial charge is 0.505 e. The number of benzene rings is 1. The van der Waals surface area contributed by atoms with Gasteiger partial charge in [-0.05, 0) is 50.5 Å². The fourth-order valence-corrected chi connectivity index (χ4v) is 3.28. The van der Waals surface area contributed by atoms with Crippen molar-refractivity contribution in [3.63, 3.8) is 0 Å². The molecule has 1 saturated heterocycles. The van der Waals surface area contributed by atoms with Crippen LogP contribution < -0.4 is 4.90 Å². The highest BCUT2D eigenvalue weighted by molar-refractivity contribution is 5.91. The molecule has 2 N–H and O–H groups in total. The van der Waals surface area contributed by atoms with Crippen LogP contribution in [0.2, 0.25) is 0 Å².